The highest BCUT2D eigenvalue weighted by molar-refractivity contribution is 7.99. The van der Waals surface area contributed by atoms with Crippen molar-refractivity contribution in [3.05, 3.63) is 41.4 Å². The smallest absolute Gasteiger partial charge is 0.0406 e. The third-order valence-corrected chi connectivity index (χ3v) is 2.79. The molecule has 0 radical (unpaired) electrons. The van der Waals surface area contributed by atoms with Gasteiger partial charge in [-0.1, -0.05) is 23.8 Å². The molecule has 1 aromatic carbocycles. The van der Waals surface area contributed by atoms with E-state index in [2.05, 4.69) is 6.58 Å². The first-order valence-electron chi connectivity index (χ1n) is 3.71. The average Bonchev–Trinajstić information content (AvgIpc) is 2.03. The molecule has 0 nitrogen and oxygen atoms in total. The molecule has 12 heavy (non-hydrogen) atoms. The van der Waals surface area contributed by atoms with Gasteiger partial charge in [-0.15, -0.1) is 11.8 Å². The van der Waals surface area contributed by atoms with Crippen molar-refractivity contribution >= 4 is 23.4 Å². The van der Waals surface area contributed by atoms with Gasteiger partial charge in [0.2, 0.25) is 0 Å². The monoisotopic (exact) mass is 198 g/mol. The van der Waals surface area contributed by atoms with Gasteiger partial charge < -0.3 is 0 Å². The lowest BCUT2D eigenvalue weighted by molar-refractivity contribution is 1.40. The van der Waals surface area contributed by atoms with Crippen molar-refractivity contribution in [2.24, 2.45) is 0 Å². The molecular weight excluding hydrogens is 188 g/mol. The minimum atomic E-state index is 0.787. The minimum absolute atomic E-state index is 0.787. The predicted octanol–water partition coefficient (Wildman–Crippen LogP) is 4.01. The molecule has 0 aliphatic rings. The topological polar surface area (TPSA) is 0 Å². The van der Waals surface area contributed by atoms with E-state index in [1.165, 1.54) is 10.5 Å². The summed E-state index contributed by atoms with van der Waals surface area (Å²) in [5, 5.41) is 0.787. The molecule has 0 aromatic heterocycles. The first kappa shape index (κ1) is 9.69. The molecule has 64 valence electrons. The van der Waals surface area contributed by atoms with Gasteiger partial charge in [0.05, 0.1) is 0 Å². The third-order valence-electron chi connectivity index (χ3n) is 1.30. The molecule has 0 N–H and O–H groups in total. The Morgan fingerprint density at radius 1 is 1.42 bits per heavy atom. The molecule has 0 spiro atoms. The summed E-state index contributed by atoms with van der Waals surface area (Å²) in [5.41, 5.74) is 1.19. The normalized spacial score (nSPS) is 9.83. The van der Waals surface area contributed by atoms with Crippen molar-refractivity contribution in [1.29, 1.82) is 0 Å². The van der Waals surface area contributed by atoms with Crippen molar-refractivity contribution < 1.29 is 0 Å². The Bertz CT molecular complexity index is 264. The van der Waals surface area contributed by atoms with Crippen molar-refractivity contribution in [3.63, 3.8) is 0 Å². The molecule has 0 aliphatic heterocycles. The molecular formula is C10H11ClS. The largest absolute Gasteiger partial charge is 0.122 e. The molecule has 1 rings (SSSR count). The third kappa shape index (κ3) is 3.33. The lowest BCUT2D eigenvalue weighted by Gasteiger charge is -1.99. The Morgan fingerprint density at radius 3 is 2.50 bits per heavy atom. The molecule has 0 heterocycles. The highest BCUT2D eigenvalue weighted by atomic mass is 35.5. The molecule has 0 unspecified atom stereocenters. The van der Waals surface area contributed by atoms with E-state index in [1.807, 2.05) is 31.2 Å². The van der Waals surface area contributed by atoms with Crippen LogP contribution >= 0.6 is 23.4 Å². The number of benzene rings is 1. The lowest BCUT2D eigenvalue weighted by Crippen LogP contribution is -1.78. The van der Waals surface area contributed by atoms with Gasteiger partial charge in [0.1, 0.15) is 0 Å². The molecule has 0 bridgehead atoms. The average molecular weight is 199 g/mol. The minimum Gasteiger partial charge on any atom is -0.122 e. The zero-order valence-electron chi connectivity index (χ0n) is 7.01. The van der Waals surface area contributed by atoms with Crippen LogP contribution in [0.4, 0.5) is 0 Å². The van der Waals surface area contributed by atoms with Crippen LogP contribution in [0.2, 0.25) is 5.02 Å². The quantitative estimate of drug-likeness (QED) is 0.523. The number of hydrogen-bond donors (Lipinski definition) is 0. The van der Waals surface area contributed by atoms with E-state index in [-0.39, 0.29) is 0 Å². The molecule has 2 heteroatoms. The summed E-state index contributed by atoms with van der Waals surface area (Å²) in [7, 11) is 0. The van der Waals surface area contributed by atoms with Gasteiger partial charge in [-0.2, -0.15) is 0 Å². The van der Waals surface area contributed by atoms with Crippen LogP contribution in [0, 0.1) is 0 Å². The summed E-state index contributed by atoms with van der Waals surface area (Å²) >= 11 is 7.53. The summed E-state index contributed by atoms with van der Waals surface area (Å²) in [6, 6.07) is 7.86. The summed E-state index contributed by atoms with van der Waals surface area (Å²) in [6.07, 6.45) is 0. The van der Waals surface area contributed by atoms with Gasteiger partial charge in [0, 0.05) is 15.7 Å². The fourth-order valence-corrected chi connectivity index (χ4v) is 1.60. The maximum absolute atomic E-state index is 5.75. The molecule has 0 saturated carbocycles. The van der Waals surface area contributed by atoms with Crippen LogP contribution in [0.1, 0.15) is 6.92 Å². The summed E-state index contributed by atoms with van der Waals surface area (Å²) < 4.78 is 0. The molecule has 0 atom stereocenters. The first-order valence-corrected chi connectivity index (χ1v) is 5.07. The zero-order valence-corrected chi connectivity index (χ0v) is 8.58. The van der Waals surface area contributed by atoms with Gasteiger partial charge in [0.25, 0.3) is 0 Å². The second-order valence-electron chi connectivity index (χ2n) is 2.70. The van der Waals surface area contributed by atoms with E-state index >= 15 is 0 Å². The van der Waals surface area contributed by atoms with E-state index in [0.29, 0.717) is 0 Å². The highest BCUT2D eigenvalue weighted by Crippen LogP contribution is 2.21. The van der Waals surface area contributed by atoms with Gasteiger partial charge in [-0.3, -0.25) is 0 Å². The highest BCUT2D eigenvalue weighted by Gasteiger charge is 1.93. The van der Waals surface area contributed by atoms with Crippen LogP contribution in [-0.4, -0.2) is 5.75 Å². The number of halogens is 1. The Balaban J connectivity index is 2.53. The lowest BCUT2D eigenvalue weighted by atomic mass is 10.4. The van der Waals surface area contributed by atoms with Crippen LogP contribution in [-0.2, 0) is 0 Å². The summed E-state index contributed by atoms with van der Waals surface area (Å²) in [4.78, 5) is 1.24. The van der Waals surface area contributed by atoms with Gasteiger partial charge in [0.15, 0.2) is 0 Å². The number of hydrogen-bond acceptors (Lipinski definition) is 1. The molecule has 0 aliphatic carbocycles. The maximum Gasteiger partial charge on any atom is 0.0406 e. The van der Waals surface area contributed by atoms with E-state index in [4.69, 9.17) is 11.6 Å². The van der Waals surface area contributed by atoms with Crippen LogP contribution in [0.15, 0.2) is 41.3 Å². The summed E-state index contributed by atoms with van der Waals surface area (Å²) in [5.74, 6) is 0.974. The standard InChI is InChI=1S/C10H11ClS/c1-8(2)7-12-10-5-3-9(11)4-6-10/h3-6H,1,7H2,2H3. The Labute approximate surface area is 82.6 Å². The maximum atomic E-state index is 5.75. The molecule has 0 saturated heterocycles. The van der Waals surface area contributed by atoms with Crippen LogP contribution in [0.3, 0.4) is 0 Å². The van der Waals surface area contributed by atoms with Crippen molar-refractivity contribution in [3.8, 4) is 0 Å². The van der Waals surface area contributed by atoms with E-state index < -0.39 is 0 Å². The van der Waals surface area contributed by atoms with Crippen LogP contribution < -0.4 is 0 Å². The first-order chi connectivity index (χ1) is 5.68. The van der Waals surface area contributed by atoms with Crippen molar-refractivity contribution in [1.82, 2.24) is 0 Å². The Hall–Kier alpha value is -0.400. The molecule has 0 amide bonds. The van der Waals surface area contributed by atoms with E-state index in [1.54, 1.807) is 11.8 Å². The van der Waals surface area contributed by atoms with Gasteiger partial charge in [-0.25, -0.2) is 0 Å². The van der Waals surface area contributed by atoms with E-state index in [9.17, 15) is 0 Å². The zero-order chi connectivity index (χ0) is 8.97. The van der Waals surface area contributed by atoms with Gasteiger partial charge in [-0.05, 0) is 31.2 Å². The van der Waals surface area contributed by atoms with Crippen LogP contribution in [0.25, 0.3) is 0 Å². The summed E-state index contributed by atoms with van der Waals surface area (Å²) in [6.45, 7) is 5.87. The Morgan fingerprint density at radius 2 is 2.00 bits per heavy atom. The van der Waals surface area contributed by atoms with Crippen LogP contribution in [0.5, 0.6) is 0 Å². The number of thioether (sulfide) groups is 1. The predicted molar refractivity (Wildman–Crippen MR) is 57.0 cm³/mol. The fraction of sp³-hybridized carbons (Fsp3) is 0.200. The second kappa shape index (κ2) is 4.58. The Kier molecular flexibility index (Phi) is 3.70. The van der Waals surface area contributed by atoms with Crippen molar-refractivity contribution in [2.75, 3.05) is 5.75 Å². The molecule has 0 fully saturated rings. The number of rotatable bonds is 3. The SMILES string of the molecule is C=C(C)CSc1ccc(Cl)cc1. The van der Waals surface area contributed by atoms with Crippen molar-refractivity contribution in [2.45, 2.75) is 11.8 Å². The van der Waals surface area contributed by atoms with Gasteiger partial charge >= 0.3 is 0 Å². The molecule has 1 aromatic rings. The van der Waals surface area contributed by atoms with E-state index in [0.717, 1.165) is 10.8 Å². The second-order valence-corrected chi connectivity index (χ2v) is 4.18. The fourth-order valence-electron chi connectivity index (χ4n) is 0.737.